The Morgan fingerprint density at radius 3 is 2.73 bits per heavy atom. The lowest BCUT2D eigenvalue weighted by Gasteiger charge is -2.17. The highest BCUT2D eigenvalue weighted by atomic mass is 16.5. The molecule has 1 amide bonds. The van der Waals surface area contributed by atoms with E-state index in [4.69, 9.17) is 10.5 Å². The predicted molar refractivity (Wildman–Crippen MR) is 88.2 cm³/mol. The van der Waals surface area contributed by atoms with Crippen LogP contribution >= 0.6 is 0 Å². The predicted octanol–water partition coefficient (Wildman–Crippen LogP) is 2.80. The summed E-state index contributed by atoms with van der Waals surface area (Å²) in [5, 5.41) is 0. The molecule has 2 aromatic carbocycles. The molecule has 1 aliphatic heterocycles. The summed E-state index contributed by atoms with van der Waals surface area (Å²) in [6.45, 7) is 0.750. The second kappa shape index (κ2) is 6.10. The number of carbonyl (C=O) groups excluding carboxylic acids is 1. The van der Waals surface area contributed by atoms with Crippen molar-refractivity contribution in [3.8, 4) is 5.75 Å². The number of nitrogens with two attached hydrogens (primary N) is 1. The van der Waals surface area contributed by atoms with Crippen molar-refractivity contribution in [1.82, 2.24) is 0 Å². The zero-order valence-electron chi connectivity index (χ0n) is 12.7. The number of ether oxygens (including phenoxy) is 1. The summed E-state index contributed by atoms with van der Waals surface area (Å²) in [4.78, 5) is 14.3. The smallest absolute Gasteiger partial charge is 0.227 e. The number of methoxy groups -OCH3 is 1. The number of nitrogen functional groups attached to an aromatic ring is 1. The Balaban J connectivity index is 1.63. The van der Waals surface area contributed by atoms with Crippen molar-refractivity contribution in [2.75, 3.05) is 24.3 Å². The Kier molecular flexibility index (Phi) is 4.00. The topological polar surface area (TPSA) is 55.6 Å². The van der Waals surface area contributed by atoms with Crippen molar-refractivity contribution in [2.45, 2.75) is 19.3 Å². The fourth-order valence-corrected chi connectivity index (χ4v) is 2.86. The Morgan fingerprint density at radius 1 is 1.23 bits per heavy atom. The minimum Gasteiger partial charge on any atom is -0.497 e. The van der Waals surface area contributed by atoms with Crippen LogP contribution in [0.25, 0.3) is 0 Å². The molecule has 0 aliphatic carbocycles. The second-order valence-corrected chi connectivity index (χ2v) is 5.53. The van der Waals surface area contributed by atoms with Gasteiger partial charge in [0.1, 0.15) is 5.75 Å². The molecular formula is C18H20N2O2. The number of nitrogens with zero attached hydrogens (tertiary/aromatic N) is 1. The molecule has 1 heterocycles. The van der Waals surface area contributed by atoms with E-state index in [1.165, 1.54) is 0 Å². The molecule has 0 bridgehead atoms. The van der Waals surface area contributed by atoms with E-state index in [1.807, 2.05) is 47.4 Å². The number of benzene rings is 2. The number of fused-ring (bicyclic) bond motifs is 1. The molecule has 0 fully saturated rings. The van der Waals surface area contributed by atoms with Crippen molar-refractivity contribution in [2.24, 2.45) is 0 Å². The maximum Gasteiger partial charge on any atom is 0.227 e. The first-order valence-corrected chi connectivity index (χ1v) is 7.49. The molecule has 0 aromatic heterocycles. The zero-order chi connectivity index (χ0) is 15.5. The normalized spacial score (nSPS) is 13.0. The van der Waals surface area contributed by atoms with Crippen LogP contribution in [0.3, 0.4) is 0 Å². The SMILES string of the molecule is COc1ccc(CCC(=O)N2CCc3cc(N)ccc32)cc1. The quantitative estimate of drug-likeness (QED) is 0.883. The van der Waals surface area contributed by atoms with E-state index in [2.05, 4.69) is 0 Å². The van der Waals surface area contributed by atoms with E-state index >= 15 is 0 Å². The van der Waals surface area contributed by atoms with Gasteiger partial charge in [0.05, 0.1) is 7.11 Å². The lowest BCUT2D eigenvalue weighted by Crippen LogP contribution is -2.29. The van der Waals surface area contributed by atoms with Crippen molar-refractivity contribution in [3.63, 3.8) is 0 Å². The molecule has 0 saturated heterocycles. The minimum absolute atomic E-state index is 0.166. The molecular weight excluding hydrogens is 276 g/mol. The maximum atomic E-state index is 12.5. The van der Waals surface area contributed by atoms with Crippen LogP contribution in [0.15, 0.2) is 42.5 Å². The molecule has 1 aliphatic rings. The summed E-state index contributed by atoms with van der Waals surface area (Å²) < 4.78 is 5.14. The molecule has 0 saturated carbocycles. The second-order valence-electron chi connectivity index (χ2n) is 5.53. The average molecular weight is 296 g/mol. The van der Waals surface area contributed by atoms with Crippen LogP contribution in [0.5, 0.6) is 5.75 Å². The first kappa shape index (κ1) is 14.4. The van der Waals surface area contributed by atoms with Gasteiger partial charge in [0.25, 0.3) is 0 Å². The summed E-state index contributed by atoms with van der Waals surface area (Å²) in [6.07, 6.45) is 2.13. The third-order valence-electron chi connectivity index (χ3n) is 4.09. The number of amides is 1. The highest BCUT2D eigenvalue weighted by Gasteiger charge is 2.24. The number of hydrogen-bond acceptors (Lipinski definition) is 3. The van der Waals surface area contributed by atoms with Gasteiger partial charge in [0, 0.05) is 24.3 Å². The highest BCUT2D eigenvalue weighted by molar-refractivity contribution is 5.95. The fourth-order valence-electron chi connectivity index (χ4n) is 2.86. The molecule has 0 unspecified atom stereocenters. The van der Waals surface area contributed by atoms with Gasteiger partial charge < -0.3 is 15.4 Å². The lowest BCUT2D eigenvalue weighted by atomic mass is 10.1. The summed E-state index contributed by atoms with van der Waals surface area (Å²) in [5.74, 6) is 1.00. The Labute approximate surface area is 130 Å². The molecule has 0 radical (unpaired) electrons. The Bertz CT molecular complexity index is 680. The average Bonchev–Trinajstić information content (AvgIpc) is 2.96. The van der Waals surface area contributed by atoms with Crippen LogP contribution in [0, 0.1) is 0 Å². The molecule has 22 heavy (non-hydrogen) atoms. The van der Waals surface area contributed by atoms with Crippen LogP contribution < -0.4 is 15.4 Å². The van der Waals surface area contributed by atoms with E-state index in [0.29, 0.717) is 6.42 Å². The van der Waals surface area contributed by atoms with Gasteiger partial charge >= 0.3 is 0 Å². The molecule has 114 valence electrons. The monoisotopic (exact) mass is 296 g/mol. The van der Waals surface area contributed by atoms with Gasteiger partial charge in [0.2, 0.25) is 5.91 Å². The highest BCUT2D eigenvalue weighted by Crippen LogP contribution is 2.30. The zero-order valence-corrected chi connectivity index (χ0v) is 12.7. The van der Waals surface area contributed by atoms with E-state index in [1.54, 1.807) is 7.11 Å². The first-order valence-electron chi connectivity index (χ1n) is 7.49. The van der Waals surface area contributed by atoms with Crippen LogP contribution in [0.2, 0.25) is 0 Å². The molecule has 4 heteroatoms. The number of rotatable bonds is 4. The van der Waals surface area contributed by atoms with Crippen LogP contribution in [0.4, 0.5) is 11.4 Å². The largest absolute Gasteiger partial charge is 0.497 e. The first-order chi connectivity index (χ1) is 10.7. The fraction of sp³-hybridized carbons (Fsp3) is 0.278. The number of hydrogen-bond donors (Lipinski definition) is 1. The van der Waals surface area contributed by atoms with Gasteiger partial charge in [-0.3, -0.25) is 4.79 Å². The van der Waals surface area contributed by atoms with Gasteiger partial charge in [-0.05, 0) is 54.3 Å². The van der Waals surface area contributed by atoms with Crippen molar-refractivity contribution in [1.29, 1.82) is 0 Å². The third-order valence-corrected chi connectivity index (χ3v) is 4.09. The van der Waals surface area contributed by atoms with Crippen molar-refractivity contribution >= 4 is 17.3 Å². The molecule has 2 N–H and O–H groups in total. The van der Waals surface area contributed by atoms with Crippen LogP contribution in [-0.2, 0) is 17.6 Å². The maximum absolute atomic E-state index is 12.5. The Hall–Kier alpha value is -2.49. The minimum atomic E-state index is 0.166. The summed E-state index contributed by atoms with van der Waals surface area (Å²) in [5.41, 5.74) is 9.87. The van der Waals surface area contributed by atoms with Gasteiger partial charge in [0.15, 0.2) is 0 Å². The van der Waals surface area contributed by atoms with E-state index in [9.17, 15) is 4.79 Å². The van der Waals surface area contributed by atoms with Crippen LogP contribution in [0.1, 0.15) is 17.5 Å². The molecule has 3 rings (SSSR count). The van der Waals surface area contributed by atoms with E-state index in [0.717, 1.165) is 47.6 Å². The third kappa shape index (κ3) is 2.91. The van der Waals surface area contributed by atoms with Gasteiger partial charge in [-0.1, -0.05) is 12.1 Å². The summed E-state index contributed by atoms with van der Waals surface area (Å²) in [6, 6.07) is 13.6. The Morgan fingerprint density at radius 2 is 2.00 bits per heavy atom. The van der Waals surface area contributed by atoms with E-state index in [-0.39, 0.29) is 5.91 Å². The molecule has 4 nitrogen and oxygen atoms in total. The molecule has 0 spiro atoms. The van der Waals surface area contributed by atoms with Crippen molar-refractivity contribution < 1.29 is 9.53 Å². The number of aryl methyl sites for hydroxylation is 1. The van der Waals surface area contributed by atoms with Crippen molar-refractivity contribution in [3.05, 3.63) is 53.6 Å². The lowest BCUT2D eigenvalue weighted by molar-refractivity contribution is -0.118. The van der Waals surface area contributed by atoms with Gasteiger partial charge in [-0.15, -0.1) is 0 Å². The van der Waals surface area contributed by atoms with Crippen LogP contribution in [-0.4, -0.2) is 19.6 Å². The summed E-state index contributed by atoms with van der Waals surface area (Å²) in [7, 11) is 1.65. The van der Waals surface area contributed by atoms with Gasteiger partial charge in [-0.25, -0.2) is 0 Å². The standard InChI is InChI=1S/C18H20N2O2/c1-22-16-6-2-13(3-7-16)4-9-18(21)20-11-10-14-12-15(19)5-8-17(14)20/h2-3,5-8,12H,4,9-11,19H2,1H3. The molecule has 2 aromatic rings. The molecule has 0 atom stereocenters. The number of carbonyl (C=O) groups is 1. The van der Waals surface area contributed by atoms with E-state index < -0.39 is 0 Å². The number of anilines is 2. The summed E-state index contributed by atoms with van der Waals surface area (Å²) >= 11 is 0. The van der Waals surface area contributed by atoms with Gasteiger partial charge in [-0.2, -0.15) is 0 Å².